The molecule has 2 N–H and O–H groups in total. The zero-order valence-corrected chi connectivity index (χ0v) is 10.8. The molecule has 1 aromatic rings. The van der Waals surface area contributed by atoms with Gasteiger partial charge in [0.25, 0.3) is 5.91 Å². The van der Waals surface area contributed by atoms with Crippen molar-refractivity contribution in [2.75, 3.05) is 31.9 Å². The van der Waals surface area contributed by atoms with Crippen LogP contribution in [0, 0.1) is 0 Å². The first-order valence-electron chi connectivity index (χ1n) is 5.43. The van der Waals surface area contributed by atoms with Crippen molar-refractivity contribution >= 4 is 23.2 Å². The molecule has 0 aromatic heterocycles. The van der Waals surface area contributed by atoms with Crippen LogP contribution >= 0.6 is 11.6 Å². The molecule has 0 radical (unpaired) electrons. The molecule has 4 nitrogen and oxygen atoms in total. The molecule has 17 heavy (non-hydrogen) atoms. The molecule has 0 atom stereocenters. The zero-order valence-electron chi connectivity index (χ0n) is 10.0. The number of alkyl halides is 1. The molecule has 0 spiro atoms. The Morgan fingerprint density at radius 2 is 2.24 bits per heavy atom. The van der Waals surface area contributed by atoms with Gasteiger partial charge in [-0.05, 0) is 24.6 Å². The van der Waals surface area contributed by atoms with Gasteiger partial charge in [-0.1, -0.05) is 0 Å². The highest BCUT2D eigenvalue weighted by Crippen LogP contribution is 2.21. The number of amides is 1. The summed E-state index contributed by atoms with van der Waals surface area (Å²) < 4.78 is 5.10. The highest BCUT2D eigenvalue weighted by Gasteiger charge is 2.11. The van der Waals surface area contributed by atoms with Gasteiger partial charge in [-0.25, -0.2) is 0 Å². The predicted octanol–water partition coefficient (Wildman–Crippen LogP) is 2.10. The van der Waals surface area contributed by atoms with Crippen molar-refractivity contribution in [3.05, 3.63) is 23.8 Å². The minimum absolute atomic E-state index is 0.127. The highest BCUT2D eigenvalue weighted by molar-refractivity contribution is 6.17. The topological polar surface area (TPSA) is 50.4 Å². The normalized spacial score (nSPS) is 9.82. The van der Waals surface area contributed by atoms with Gasteiger partial charge in [-0.15, -0.1) is 11.6 Å². The number of nitrogens with one attached hydrogen (secondary N) is 2. The Hall–Kier alpha value is -1.42. The third-order valence-corrected chi connectivity index (χ3v) is 2.60. The summed E-state index contributed by atoms with van der Waals surface area (Å²) in [5.41, 5.74) is 1.34. The summed E-state index contributed by atoms with van der Waals surface area (Å²) in [6, 6.07) is 5.33. The molecule has 0 saturated carbocycles. The number of benzene rings is 1. The maximum absolute atomic E-state index is 11.9. The van der Waals surface area contributed by atoms with E-state index in [2.05, 4.69) is 10.6 Å². The average molecular weight is 257 g/mol. The molecule has 5 heteroatoms. The number of rotatable bonds is 6. The summed E-state index contributed by atoms with van der Waals surface area (Å²) in [5.74, 6) is 1.07. The number of carbonyl (C=O) groups excluding carboxylic acids is 1. The van der Waals surface area contributed by atoms with E-state index in [0.29, 0.717) is 23.7 Å². The average Bonchev–Trinajstić information content (AvgIpc) is 2.38. The van der Waals surface area contributed by atoms with Crippen LogP contribution in [0.25, 0.3) is 0 Å². The lowest BCUT2D eigenvalue weighted by molar-refractivity contribution is 0.0954. The minimum Gasteiger partial charge on any atom is -0.497 e. The highest BCUT2D eigenvalue weighted by atomic mass is 35.5. The summed E-state index contributed by atoms with van der Waals surface area (Å²) >= 11 is 5.55. The van der Waals surface area contributed by atoms with Crippen molar-refractivity contribution in [1.29, 1.82) is 0 Å². The lowest BCUT2D eigenvalue weighted by Gasteiger charge is -2.11. The first-order chi connectivity index (χ1) is 8.22. The Bertz CT molecular complexity index is 383. The molecular weight excluding hydrogens is 240 g/mol. The maximum Gasteiger partial charge on any atom is 0.253 e. The van der Waals surface area contributed by atoms with Crippen molar-refractivity contribution in [3.8, 4) is 5.75 Å². The SMILES string of the molecule is CNc1ccc(OC)cc1C(=O)NCCCCl. The second-order valence-corrected chi connectivity index (χ2v) is 3.84. The minimum atomic E-state index is -0.127. The Balaban J connectivity index is 2.82. The fraction of sp³-hybridized carbons (Fsp3) is 0.417. The molecule has 1 aromatic carbocycles. The van der Waals surface area contributed by atoms with Crippen LogP contribution < -0.4 is 15.4 Å². The Morgan fingerprint density at radius 1 is 1.47 bits per heavy atom. The fourth-order valence-corrected chi connectivity index (χ4v) is 1.55. The lowest BCUT2D eigenvalue weighted by Crippen LogP contribution is -2.25. The van der Waals surface area contributed by atoms with Gasteiger partial charge in [0.05, 0.1) is 12.7 Å². The van der Waals surface area contributed by atoms with Crippen LogP contribution in [0.3, 0.4) is 0 Å². The summed E-state index contributed by atoms with van der Waals surface area (Å²) in [6.45, 7) is 0.572. The quantitative estimate of drug-likeness (QED) is 0.605. The van der Waals surface area contributed by atoms with Gasteiger partial charge >= 0.3 is 0 Å². The monoisotopic (exact) mass is 256 g/mol. The van der Waals surface area contributed by atoms with E-state index in [-0.39, 0.29) is 5.91 Å². The van der Waals surface area contributed by atoms with Crippen LogP contribution in [0.15, 0.2) is 18.2 Å². The van der Waals surface area contributed by atoms with Crippen molar-refractivity contribution in [2.24, 2.45) is 0 Å². The Morgan fingerprint density at radius 3 is 2.82 bits per heavy atom. The van der Waals surface area contributed by atoms with Crippen LogP contribution in [0.5, 0.6) is 5.75 Å². The number of ether oxygens (including phenoxy) is 1. The smallest absolute Gasteiger partial charge is 0.253 e. The standard InChI is InChI=1S/C12H17ClN2O2/c1-14-11-5-4-9(17-2)8-10(11)12(16)15-7-3-6-13/h4-5,8,14H,3,6-7H2,1-2H3,(H,15,16). The lowest BCUT2D eigenvalue weighted by atomic mass is 10.1. The zero-order chi connectivity index (χ0) is 12.7. The van der Waals surface area contributed by atoms with Gasteiger partial charge in [0.2, 0.25) is 0 Å². The van der Waals surface area contributed by atoms with Gasteiger partial charge < -0.3 is 15.4 Å². The largest absolute Gasteiger partial charge is 0.497 e. The first kappa shape index (κ1) is 13.6. The number of halogens is 1. The van der Waals surface area contributed by atoms with Gasteiger partial charge in [-0.3, -0.25) is 4.79 Å². The number of carbonyl (C=O) groups is 1. The molecule has 94 valence electrons. The van der Waals surface area contributed by atoms with Crippen LogP contribution in [-0.2, 0) is 0 Å². The van der Waals surface area contributed by atoms with E-state index in [1.165, 1.54) is 0 Å². The van der Waals surface area contributed by atoms with Crippen molar-refractivity contribution < 1.29 is 9.53 Å². The third kappa shape index (κ3) is 3.82. The number of hydrogen-bond acceptors (Lipinski definition) is 3. The molecule has 0 fully saturated rings. The molecule has 0 heterocycles. The van der Waals surface area contributed by atoms with Gasteiger partial charge in [-0.2, -0.15) is 0 Å². The van der Waals surface area contributed by atoms with E-state index in [1.807, 2.05) is 6.07 Å². The van der Waals surface area contributed by atoms with Crippen LogP contribution in [0.4, 0.5) is 5.69 Å². The van der Waals surface area contributed by atoms with Crippen LogP contribution in [-0.4, -0.2) is 32.5 Å². The van der Waals surface area contributed by atoms with E-state index in [1.54, 1.807) is 26.3 Å². The maximum atomic E-state index is 11.9. The summed E-state index contributed by atoms with van der Waals surface area (Å²) in [7, 11) is 3.35. The summed E-state index contributed by atoms with van der Waals surface area (Å²) in [6.07, 6.45) is 0.756. The van der Waals surface area contributed by atoms with E-state index in [9.17, 15) is 4.79 Å². The first-order valence-corrected chi connectivity index (χ1v) is 5.96. The summed E-state index contributed by atoms with van der Waals surface area (Å²) in [5, 5.41) is 5.78. The molecular formula is C12H17ClN2O2. The van der Waals surface area contributed by atoms with E-state index >= 15 is 0 Å². The molecule has 0 aliphatic carbocycles. The van der Waals surface area contributed by atoms with Crippen molar-refractivity contribution in [2.45, 2.75) is 6.42 Å². The number of methoxy groups -OCH3 is 1. The van der Waals surface area contributed by atoms with Gasteiger partial charge in [0, 0.05) is 25.2 Å². The Labute approximate surface area is 106 Å². The molecule has 1 rings (SSSR count). The second-order valence-electron chi connectivity index (χ2n) is 3.46. The van der Waals surface area contributed by atoms with Gasteiger partial charge in [0.15, 0.2) is 0 Å². The molecule has 0 unspecified atom stereocenters. The molecule has 0 aliphatic rings. The van der Waals surface area contributed by atoms with Crippen LogP contribution in [0.2, 0.25) is 0 Å². The van der Waals surface area contributed by atoms with E-state index < -0.39 is 0 Å². The molecule has 1 amide bonds. The fourth-order valence-electron chi connectivity index (χ4n) is 1.42. The number of anilines is 1. The van der Waals surface area contributed by atoms with E-state index in [4.69, 9.17) is 16.3 Å². The predicted molar refractivity (Wildman–Crippen MR) is 70.2 cm³/mol. The molecule has 0 saturated heterocycles. The molecule has 0 bridgehead atoms. The Kier molecular flexibility index (Phi) is 5.63. The molecule has 0 aliphatic heterocycles. The number of hydrogen-bond donors (Lipinski definition) is 2. The third-order valence-electron chi connectivity index (χ3n) is 2.34. The van der Waals surface area contributed by atoms with Crippen molar-refractivity contribution in [1.82, 2.24) is 5.32 Å². The summed E-state index contributed by atoms with van der Waals surface area (Å²) in [4.78, 5) is 11.9. The van der Waals surface area contributed by atoms with E-state index in [0.717, 1.165) is 12.1 Å². The van der Waals surface area contributed by atoms with Gasteiger partial charge in [0.1, 0.15) is 5.75 Å². The second kappa shape index (κ2) is 7.01. The van der Waals surface area contributed by atoms with Crippen LogP contribution in [0.1, 0.15) is 16.8 Å². The van der Waals surface area contributed by atoms with Crippen molar-refractivity contribution in [3.63, 3.8) is 0 Å².